The van der Waals surface area contributed by atoms with E-state index < -0.39 is 5.60 Å². The van der Waals surface area contributed by atoms with Crippen molar-refractivity contribution in [2.45, 2.75) is 58.0 Å². The molecule has 0 bridgehead atoms. The van der Waals surface area contributed by atoms with Gasteiger partial charge in [-0.2, -0.15) is 0 Å². The van der Waals surface area contributed by atoms with Gasteiger partial charge in [-0.1, -0.05) is 25.8 Å². The molecule has 0 heterocycles. The van der Waals surface area contributed by atoms with Crippen LogP contribution in [0.15, 0.2) is 18.2 Å². The van der Waals surface area contributed by atoms with Crippen molar-refractivity contribution in [1.82, 2.24) is 0 Å². The Morgan fingerprint density at radius 2 is 2.11 bits per heavy atom. The molecule has 0 radical (unpaired) electrons. The van der Waals surface area contributed by atoms with E-state index in [1.165, 1.54) is 12.8 Å². The number of benzene rings is 1. The Kier molecular flexibility index (Phi) is 4.51. The van der Waals surface area contributed by atoms with Crippen LogP contribution in [0, 0.1) is 12.8 Å². The van der Waals surface area contributed by atoms with Crippen LogP contribution in [-0.2, 0) is 5.60 Å². The number of rotatable bonds is 3. The Labute approximate surface area is 116 Å². The summed E-state index contributed by atoms with van der Waals surface area (Å²) in [7, 11) is 1.68. The topological polar surface area (TPSA) is 29.5 Å². The van der Waals surface area contributed by atoms with Gasteiger partial charge in [0.2, 0.25) is 0 Å². The van der Waals surface area contributed by atoms with Crippen LogP contribution in [0.2, 0.25) is 0 Å². The SMILES string of the molecule is CCC1CCCC(O)(c2ccc(OC)cc2C)CC1. The molecule has 19 heavy (non-hydrogen) atoms. The van der Waals surface area contributed by atoms with Crippen molar-refractivity contribution in [3.8, 4) is 5.75 Å². The molecule has 0 spiro atoms. The summed E-state index contributed by atoms with van der Waals surface area (Å²) < 4.78 is 5.25. The summed E-state index contributed by atoms with van der Waals surface area (Å²) in [5.74, 6) is 1.65. The minimum Gasteiger partial charge on any atom is -0.497 e. The number of hydrogen-bond acceptors (Lipinski definition) is 2. The lowest BCUT2D eigenvalue weighted by Gasteiger charge is -2.29. The lowest BCUT2D eigenvalue weighted by molar-refractivity contribution is 0.0190. The predicted octanol–water partition coefficient (Wildman–Crippen LogP) is 4.18. The Bertz CT molecular complexity index is 427. The predicted molar refractivity (Wildman–Crippen MR) is 78.5 cm³/mol. The molecule has 1 fully saturated rings. The van der Waals surface area contributed by atoms with Gasteiger partial charge in [0, 0.05) is 0 Å². The van der Waals surface area contributed by atoms with Gasteiger partial charge in [0.15, 0.2) is 0 Å². The Hall–Kier alpha value is -1.02. The van der Waals surface area contributed by atoms with E-state index in [9.17, 15) is 5.11 Å². The first-order valence-electron chi connectivity index (χ1n) is 7.46. The summed E-state index contributed by atoms with van der Waals surface area (Å²) in [4.78, 5) is 0. The summed E-state index contributed by atoms with van der Waals surface area (Å²) in [6, 6.07) is 6.03. The van der Waals surface area contributed by atoms with Gasteiger partial charge in [0.05, 0.1) is 12.7 Å². The average molecular weight is 262 g/mol. The van der Waals surface area contributed by atoms with E-state index in [1.807, 2.05) is 18.2 Å². The number of aliphatic hydroxyl groups is 1. The van der Waals surface area contributed by atoms with Crippen LogP contribution in [0.1, 0.15) is 56.6 Å². The number of methoxy groups -OCH3 is 1. The fourth-order valence-corrected chi connectivity index (χ4v) is 3.36. The van der Waals surface area contributed by atoms with Crippen molar-refractivity contribution < 1.29 is 9.84 Å². The van der Waals surface area contributed by atoms with Crippen LogP contribution in [0.3, 0.4) is 0 Å². The van der Waals surface area contributed by atoms with Crippen molar-refractivity contribution in [3.63, 3.8) is 0 Å². The first-order valence-corrected chi connectivity index (χ1v) is 7.46. The van der Waals surface area contributed by atoms with Crippen molar-refractivity contribution in [3.05, 3.63) is 29.3 Å². The van der Waals surface area contributed by atoms with E-state index in [1.54, 1.807) is 7.11 Å². The van der Waals surface area contributed by atoms with Crippen molar-refractivity contribution in [2.75, 3.05) is 7.11 Å². The standard InChI is InChI=1S/C17H26O2/c1-4-14-6-5-10-17(18,11-9-14)16-8-7-15(19-3)12-13(16)2/h7-8,12,14,18H,4-6,9-11H2,1-3H3. The number of hydrogen-bond donors (Lipinski definition) is 1. The second kappa shape index (κ2) is 5.96. The van der Waals surface area contributed by atoms with E-state index in [-0.39, 0.29) is 0 Å². The molecule has 2 heteroatoms. The van der Waals surface area contributed by atoms with Crippen LogP contribution in [0.5, 0.6) is 5.75 Å². The highest BCUT2D eigenvalue weighted by atomic mass is 16.5. The molecule has 1 N–H and O–H groups in total. The molecule has 2 rings (SSSR count). The molecule has 1 aromatic carbocycles. The van der Waals surface area contributed by atoms with Crippen LogP contribution >= 0.6 is 0 Å². The Morgan fingerprint density at radius 3 is 2.74 bits per heavy atom. The highest BCUT2D eigenvalue weighted by Gasteiger charge is 2.33. The molecule has 0 aromatic heterocycles. The molecule has 0 saturated heterocycles. The maximum Gasteiger partial charge on any atom is 0.119 e. The molecule has 1 aromatic rings. The molecule has 0 amide bonds. The van der Waals surface area contributed by atoms with Crippen molar-refractivity contribution in [1.29, 1.82) is 0 Å². The highest BCUT2D eigenvalue weighted by molar-refractivity contribution is 5.38. The van der Waals surface area contributed by atoms with Gasteiger partial charge in [0.25, 0.3) is 0 Å². The van der Waals surface area contributed by atoms with Crippen LogP contribution < -0.4 is 4.74 Å². The van der Waals surface area contributed by atoms with Crippen molar-refractivity contribution >= 4 is 0 Å². The van der Waals surface area contributed by atoms with Gasteiger partial charge < -0.3 is 9.84 Å². The quantitative estimate of drug-likeness (QED) is 0.828. The summed E-state index contributed by atoms with van der Waals surface area (Å²) in [6.07, 6.45) is 6.53. The number of aryl methyl sites for hydroxylation is 1. The van der Waals surface area contributed by atoms with E-state index in [0.717, 1.165) is 48.5 Å². The van der Waals surface area contributed by atoms with E-state index in [2.05, 4.69) is 13.8 Å². The summed E-state index contributed by atoms with van der Waals surface area (Å²) in [5, 5.41) is 11.0. The van der Waals surface area contributed by atoms with Gasteiger partial charge >= 0.3 is 0 Å². The molecule has 1 saturated carbocycles. The second-order valence-electron chi connectivity index (χ2n) is 5.92. The zero-order valence-corrected chi connectivity index (χ0v) is 12.4. The molecule has 2 nitrogen and oxygen atoms in total. The van der Waals surface area contributed by atoms with Gasteiger partial charge in [0.1, 0.15) is 5.75 Å². The van der Waals surface area contributed by atoms with Gasteiger partial charge in [-0.05, 0) is 61.8 Å². The summed E-state index contributed by atoms with van der Waals surface area (Å²) >= 11 is 0. The molecule has 1 aliphatic carbocycles. The monoisotopic (exact) mass is 262 g/mol. The molecule has 106 valence electrons. The maximum atomic E-state index is 11.0. The fraction of sp³-hybridized carbons (Fsp3) is 0.647. The summed E-state index contributed by atoms with van der Waals surface area (Å²) in [5.41, 5.74) is 1.59. The average Bonchev–Trinajstić information content (AvgIpc) is 2.61. The molecule has 0 aliphatic heterocycles. The Morgan fingerprint density at radius 1 is 1.32 bits per heavy atom. The molecular weight excluding hydrogens is 236 g/mol. The zero-order valence-electron chi connectivity index (χ0n) is 12.4. The summed E-state index contributed by atoms with van der Waals surface area (Å²) in [6.45, 7) is 4.33. The molecule has 2 unspecified atom stereocenters. The third kappa shape index (κ3) is 3.11. The van der Waals surface area contributed by atoms with Crippen LogP contribution in [0.4, 0.5) is 0 Å². The van der Waals surface area contributed by atoms with Crippen LogP contribution in [-0.4, -0.2) is 12.2 Å². The van der Waals surface area contributed by atoms with Crippen molar-refractivity contribution in [2.24, 2.45) is 5.92 Å². The van der Waals surface area contributed by atoms with E-state index in [0.29, 0.717) is 0 Å². The van der Waals surface area contributed by atoms with E-state index in [4.69, 9.17) is 4.74 Å². The van der Waals surface area contributed by atoms with Gasteiger partial charge in [-0.25, -0.2) is 0 Å². The van der Waals surface area contributed by atoms with Gasteiger partial charge in [-0.3, -0.25) is 0 Å². The lowest BCUT2D eigenvalue weighted by Crippen LogP contribution is -2.26. The molecule has 1 aliphatic rings. The van der Waals surface area contributed by atoms with Gasteiger partial charge in [-0.15, -0.1) is 0 Å². The third-order valence-electron chi connectivity index (χ3n) is 4.68. The van der Waals surface area contributed by atoms with Crippen LogP contribution in [0.25, 0.3) is 0 Å². The minimum absolute atomic E-state index is 0.639. The minimum atomic E-state index is -0.639. The first-order chi connectivity index (χ1) is 9.09. The highest BCUT2D eigenvalue weighted by Crippen LogP contribution is 2.40. The smallest absolute Gasteiger partial charge is 0.119 e. The van der Waals surface area contributed by atoms with E-state index >= 15 is 0 Å². The normalized spacial score (nSPS) is 27.9. The Balaban J connectivity index is 2.24. The lowest BCUT2D eigenvalue weighted by atomic mass is 9.83. The largest absolute Gasteiger partial charge is 0.497 e. The first kappa shape index (κ1) is 14.4. The second-order valence-corrected chi connectivity index (χ2v) is 5.92. The number of ether oxygens (including phenoxy) is 1. The molecular formula is C17H26O2. The fourth-order valence-electron chi connectivity index (χ4n) is 3.36. The zero-order chi connectivity index (χ0) is 13.9. The maximum absolute atomic E-state index is 11.0. The molecule has 2 atom stereocenters. The third-order valence-corrected chi connectivity index (χ3v) is 4.68.